The van der Waals surface area contributed by atoms with E-state index >= 15 is 0 Å². The summed E-state index contributed by atoms with van der Waals surface area (Å²) < 4.78 is 11.4. The lowest BCUT2D eigenvalue weighted by Gasteiger charge is -2.36. The van der Waals surface area contributed by atoms with Gasteiger partial charge in [-0.15, -0.1) is 0 Å². The summed E-state index contributed by atoms with van der Waals surface area (Å²) >= 11 is 0. The van der Waals surface area contributed by atoms with E-state index in [0.717, 1.165) is 76.6 Å². The van der Waals surface area contributed by atoms with Crippen LogP contribution in [0.3, 0.4) is 0 Å². The molecule has 0 aromatic heterocycles. The van der Waals surface area contributed by atoms with Gasteiger partial charge in [-0.2, -0.15) is 5.10 Å². The number of hydrogen-bond donors (Lipinski definition) is 1. The molecule has 1 fully saturated rings. The number of hydrazone groups is 1. The van der Waals surface area contributed by atoms with Crippen molar-refractivity contribution in [2.75, 3.05) is 64.9 Å². The number of methoxy groups -OCH3 is 1. The van der Waals surface area contributed by atoms with Gasteiger partial charge in [0.1, 0.15) is 17.8 Å². The van der Waals surface area contributed by atoms with E-state index in [-0.39, 0.29) is 0 Å². The molecule has 0 saturated carbocycles. The molecule has 1 saturated heterocycles. The molecule has 2 N–H and O–H groups in total. The average molecular weight is 440 g/mol. The number of rotatable bonds is 12. The van der Waals surface area contributed by atoms with Crippen LogP contribution in [0.1, 0.15) is 18.4 Å². The molecule has 7 nitrogen and oxygen atoms in total. The number of ether oxygens (including phenoxy) is 2. The number of para-hydroxylation sites is 2. The lowest BCUT2D eigenvalue weighted by Crippen LogP contribution is -2.46. The summed E-state index contributed by atoms with van der Waals surface area (Å²) in [7, 11) is 3.66. The average Bonchev–Trinajstić information content (AvgIpc) is 2.84. The molecule has 0 atom stereocenters. The second-order valence-corrected chi connectivity index (χ2v) is 8.10. The molecular weight excluding hydrogens is 402 g/mol. The van der Waals surface area contributed by atoms with Gasteiger partial charge in [-0.1, -0.05) is 24.3 Å². The van der Waals surface area contributed by atoms with Crippen LogP contribution in [0.15, 0.2) is 53.6 Å². The highest BCUT2D eigenvalue weighted by molar-refractivity contribution is 5.58. The Labute approximate surface area is 192 Å². The van der Waals surface area contributed by atoms with Gasteiger partial charge in [0.05, 0.1) is 19.4 Å². The van der Waals surface area contributed by atoms with Crippen molar-refractivity contribution in [1.82, 2.24) is 9.91 Å². The Bertz CT molecular complexity index is 819. The maximum atomic E-state index is 5.92. The van der Waals surface area contributed by atoms with Crippen LogP contribution in [0.25, 0.3) is 0 Å². The number of likely N-dealkylation sites (N-methyl/N-ethyl adjacent to an activating group) is 1. The third kappa shape index (κ3) is 7.34. The van der Waals surface area contributed by atoms with E-state index < -0.39 is 0 Å². The molecule has 0 radical (unpaired) electrons. The van der Waals surface area contributed by atoms with Crippen LogP contribution < -0.4 is 20.1 Å². The fourth-order valence-corrected chi connectivity index (χ4v) is 3.95. The molecule has 174 valence electrons. The molecule has 7 heteroatoms. The van der Waals surface area contributed by atoms with E-state index in [0.29, 0.717) is 0 Å². The van der Waals surface area contributed by atoms with Gasteiger partial charge in [-0.05, 0) is 55.6 Å². The SMILES string of the molecule is COc1ccccc1N1CCN(CCCCOc2ccc(CCN(C)/N=C\N)cc2)CC1. The standard InChI is InChI=1S/C25H37N5O2/c1-28(27-21-26)15-13-22-9-11-23(12-10-22)32-20-6-5-14-29-16-18-30(19-17-29)24-7-3-4-8-25(24)31-2/h3-4,7-12,21H,5-6,13-20H2,1-2H3,(H2,26,27). The Balaban J connectivity index is 1.29. The van der Waals surface area contributed by atoms with Gasteiger partial charge in [0, 0.05) is 39.8 Å². The Hall–Kier alpha value is -2.93. The minimum atomic E-state index is 0.758. The highest BCUT2D eigenvalue weighted by Gasteiger charge is 2.19. The summed E-state index contributed by atoms with van der Waals surface area (Å²) in [6.45, 7) is 6.98. The smallest absolute Gasteiger partial charge is 0.142 e. The molecule has 0 spiro atoms. The summed E-state index contributed by atoms with van der Waals surface area (Å²) in [5.74, 6) is 1.90. The van der Waals surface area contributed by atoms with Gasteiger partial charge in [0.2, 0.25) is 0 Å². The van der Waals surface area contributed by atoms with Crippen LogP contribution in [0.4, 0.5) is 5.69 Å². The summed E-state index contributed by atoms with van der Waals surface area (Å²) in [5.41, 5.74) is 7.77. The predicted octanol–water partition coefficient (Wildman–Crippen LogP) is 3.05. The second-order valence-electron chi connectivity index (χ2n) is 8.10. The number of hydrogen-bond acceptors (Lipinski definition) is 6. The van der Waals surface area contributed by atoms with Gasteiger partial charge in [-0.3, -0.25) is 9.91 Å². The van der Waals surface area contributed by atoms with Crippen molar-refractivity contribution in [2.24, 2.45) is 10.8 Å². The van der Waals surface area contributed by atoms with E-state index in [2.05, 4.69) is 51.3 Å². The molecule has 0 aliphatic carbocycles. The maximum absolute atomic E-state index is 5.92. The van der Waals surface area contributed by atoms with Gasteiger partial charge in [0.15, 0.2) is 0 Å². The molecule has 1 aliphatic rings. The molecule has 3 rings (SSSR count). The minimum absolute atomic E-state index is 0.758. The van der Waals surface area contributed by atoms with Crippen LogP contribution in [0, 0.1) is 0 Å². The Kier molecular flexibility index (Phi) is 9.50. The first-order valence-corrected chi connectivity index (χ1v) is 11.5. The molecule has 0 bridgehead atoms. The molecular formula is C25H37N5O2. The highest BCUT2D eigenvalue weighted by atomic mass is 16.5. The fourth-order valence-electron chi connectivity index (χ4n) is 3.95. The first kappa shape index (κ1) is 23.7. The summed E-state index contributed by atoms with van der Waals surface area (Å²) in [5, 5.41) is 5.86. The van der Waals surface area contributed by atoms with Gasteiger partial charge >= 0.3 is 0 Å². The molecule has 32 heavy (non-hydrogen) atoms. The normalized spacial score (nSPS) is 14.6. The van der Waals surface area contributed by atoms with Crippen molar-refractivity contribution >= 4 is 12.0 Å². The van der Waals surface area contributed by atoms with Crippen molar-refractivity contribution in [2.45, 2.75) is 19.3 Å². The molecule has 0 amide bonds. The Morgan fingerprint density at radius 2 is 1.78 bits per heavy atom. The number of anilines is 1. The Morgan fingerprint density at radius 3 is 2.50 bits per heavy atom. The zero-order valence-electron chi connectivity index (χ0n) is 19.4. The second kappa shape index (κ2) is 12.8. The van der Waals surface area contributed by atoms with Crippen molar-refractivity contribution in [3.05, 3.63) is 54.1 Å². The largest absolute Gasteiger partial charge is 0.495 e. The lowest BCUT2D eigenvalue weighted by atomic mass is 10.1. The van der Waals surface area contributed by atoms with Gasteiger partial charge in [-0.25, -0.2) is 0 Å². The first-order chi connectivity index (χ1) is 15.7. The summed E-state index contributed by atoms with van der Waals surface area (Å²) in [6.07, 6.45) is 4.47. The highest BCUT2D eigenvalue weighted by Crippen LogP contribution is 2.28. The fraction of sp³-hybridized carbons (Fsp3) is 0.480. The number of nitrogens with two attached hydrogens (primary N) is 1. The molecule has 0 unspecified atom stereocenters. The van der Waals surface area contributed by atoms with Crippen molar-refractivity contribution in [3.63, 3.8) is 0 Å². The zero-order valence-corrected chi connectivity index (χ0v) is 19.4. The molecule has 1 heterocycles. The van der Waals surface area contributed by atoms with Gasteiger partial charge < -0.3 is 20.1 Å². The summed E-state index contributed by atoms with van der Waals surface area (Å²) in [4.78, 5) is 4.97. The predicted molar refractivity (Wildman–Crippen MR) is 132 cm³/mol. The third-order valence-electron chi connectivity index (χ3n) is 5.85. The van der Waals surface area contributed by atoms with E-state index in [4.69, 9.17) is 15.2 Å². The van der Waals surface area contributed by atoms with Crippen LogP contribution >= 0.6 is 0 Å². The number of nitrogens with zero attached hydrogens (tertiary/aromatic N) is 4. The maximum Gasteiger partial charge on any atom is 0.142 e. The van der Waals surface area contributed by atoms with Crippen LogP contribution in [0.5, 0.6) is 11.5 Å². The van der Waals surface area contributed by atoms with E-state index in [1.165, 1.54) is 17.6 Å². The quantitative estimate of drug-likeness (QED) is 0.237. The van der Waals surface area contributed by atoms with Crippen LogP contribution in [0.2, 0.25) is 0 Å². The van der Waals surface area contributed by atoms with Crippen molar-refractivity contribution in [3.8, 4) is 11.5 Å². The molecule has 2 aromatic rings. The summed E-state index contributed by atoms with van der Waals surface area (Å²) in [6, 6.07) is 16.6. The van der Waals surface area contributed by atoms with Crippen molar-refractivity contribution < 1.29 is 9.47 Å². The van der Waals surface area contributed by atoms with Gasteiger partial charge in [0.25, 0.3) is 0 Å². The first-order valence-electron chi connectivity index (χ1n) is 11.5. The number of benzene rings is 2. The van der Waals surface area contributed by atoms with Crippen molar-refractivity contribution in [1.29, 1.82) is 0 Å². The minimum Gasteiger partial charge on any atom is -0.495 e. The molecule has 2 aromatic carbocycles. The monoisotopic (exact) mass is 439 g/mol. The van der Waals surface area contributed by atoms with Crippen LogP contribution in [-0.2, 0) is 6.42 Å². The zero-order chi connectivity index (χ0) is 22.6. The van der Waals surface area contributed by atoms with Crippen LogP contribution in [-0.4, -0.2) is 76.3 Å². The number of piperazine rings is 1. The van der Waals surface area contributed by atoms with E-state index in [1.807, 2.05) is 24.2 Å². The lowest BCUT2D eigenvalue weighted by molar-refractivity contribution is 0.238. The number of unbranched alkanes of at least 4 members (excludes halogenated alkanes) is 1. The molecule has 1 aliphatic heterocycles. The van der Waals surface area contributed by atoms with E-state index in [1.54, 1.807) is 7.11 Å². The Morgan fingerprint density at radius 1 is 1.03 bits per heavy atom. The topological polar surface area (TPSA) is 66.6 Å². The third-order valence-corrected chi connectivity index (χ3v) is 5.85. The van der Waals surface area contributed by atoms with E-state index in [9.17, 15) is 0 Å².